The third-order valence-electron chi connectivity index (χ3n) is 2.34. The van der Waals surface area contributed by atoms with Crippen molar-refractivity contribution in [3.05, 3.63) is 18.2 Å². The molecule has 0 aliphatic rings. The van der Waals surface area contributed by atoms with E-state index in [2.05, 4.69) is 10.6 Å². The molecule has 0 aliphatic heterocycles. The number of nitrogens with two attached hydrogens (primary N) is 1. The molecule has 0 spiro atoms. The Morgan fingerprint density at radius 1 is 1.37 bits per heavy atom. The van der Waals surface area contributed by atoms with Crippen LogP contribution in [0.2, 0.25) is 0 Å². The van der Waals surface area contributed by atoms with Gasteiger partial charge in [0.25, 0.3) is 0 Å². The fraction of sp³-hybridized carbons (Fsp3) is 0.417. The van der Waals surface area contributed by atoms with Gasteiger partial charge in [-0.3, -0.25) is 4.79 Å². The van der Waals surface area contributed by atoms with Gasteiger partial charge in [-0.2, -0.15) is 0 Å². The Hall–Kier alpha value is -1.76. The number of hydrogen-bond donors (Lipinski definition) is 3. The lowest BCUT2D eigenvalue weighted by molar-refractivity contribution is -0.119. The van der Waals surface area contributed by atoms with Crippen molar-refractivity contribution in [2.45, 2.75) is 24.8 Å². The molecule has 0 radical (unpaired) electrons. The van der Waals surface area contributed by atoms with Crippen molar-refractivity contribution in [2.75, 3.05) is 23.9 Å². The van der Waals surface area contributed by atoms with E-state index in [1.165, 1.54) is 12.1 Å². The van der Waals surface area contributed by atoms with Crippen LogP contribution in [0.25, 0.3) is 0 Å². The Morgan fingerprint density at radius 3 is 2.47 bits per heavy atom. The van der Waals surface area contributed by atoms with Gasteiger partial charge in [-0.05, 0) is 32.0 Å². The fourth-order valence-corrected chi connectivity index (χ4v) is 2.14. The molecule has 0 heterocycles. The smallest absolute Gasteiger partial charge is 0.239 e. The van der Waals surface area contributed by atoms with Crippen LogP contribution in [0.3, 0.4) is 0 Å². The Bertz CT molecular complexity index is 568. The predicted octanol–water partition coefficient (Wildman–Crippen LogP) is 0.609. The van der Waals surface area contributed by atoms with Gasteiger partial charge < -0.3 is 16.4 Å². The topological polar surface area (TPSA) is 101 Å². The average molecular weight is 285 g/mol. The lowest BCUT2D eigenvalue weighted by atomic mass is 10.2. The molecule has 7 heteroatoms. The van der Waals surface area contributed by atoms with Gasteiger partial charge in [-0.25, -0.2) is 8.42 Å². The van der Waals surface area contributed by atoms with Crippen molar-refractivity contribution >= 4 is 27.1 Å². The summed E-state index contributed by atoms with van der Waals surface area (Å²) < 4.78 is 22.7. The lowest BCUT2D eigenvalue weighted by Crippen LogP contribution is -2.34. The van der Waals surface area contributed by atoms with Gasteiger partial charge >= 0.3 is 0 Å². The van der Waals surface area contributed by atoms with Crippen LogP contribution in [0, 0.1) is 0 Å². The molecule has 0 unspecified atom stereocenters. The summed E-state index contributed by atoms with van der Waals surface area (Å²) in [7, 11) is -3.28. The highest BCUT2D eigenvalue weighted by Gasteiger charge is 2.10. The van der Waals surface area contributed by atoms with E-state index in [0.29, 0.717) is 11.4 Å². The van der Waals surface area contributed by atoms with Gasteiger partial charge in [-0.1, -0.05) is 0 Å². The number of anilines is 2. The molecule has 1 aromatic carbocycles. The minimum atomic E-state index is -3.28. The summed E-state index contributed by atoms with van der Waals surface area (Å²) >= 11 is 0. The molecule has 0 aliphatic carbocycles. The summed E-state index contributed by atoms with van der Waals surface area (Å²) in [5.74, 6) is -0.151. The average Bonchev–Trinajstić information content (AvgIpc) is 2.25. The molecule has 1 aromatic rings. The molecule has 1 amide bonds. The first-order valence-electron chi connectivity index (χ1n) is 5.83. The Labute approximate surface area is 113 Å². The minimum Gasteiger partial charge on any atom is -0.397 e. The zero-order chi connectivity index (χ0) is 14.6. The van der Waals surface area contributed by atoms with Crippen molar-refractivity contribution in [3.8, 4) is 0 Å². The number of rotatable bonds is 5. The Balaban J connectivity index is 2.74. The van der Waals surface area contributed by atoms with E-state index in [-0.39, 0.29) is 23.4 Å². The van der Waals surface area contributed by atoms with Crippen LogP contribution in [0.15, 0.2) is 23.1 Å². The number of carbonyl (C=O) groups excluding carboxylic acids is 1. The SMILES string of the molecule is CC(C)NC(=O)CNc1ccc(S(C)(=O)=O)cc1N. The van der Waals surface area contributed by atoms with E-state index in [9.17, 15) is 13.2 Å². The molecule has 0 atom stereocenters. The monoisotopic (exact) mass is 285 g/mol. The highest BCUT2D eigenvalue weighted by atomic mass is 32.2. The van der Waals surface area contributed by atoms with Crippen molar-refractivity contribution in [3.63, 3.8) is 0 Å². The maximum absolute atomic E-state index is 11.5. The molecular weight excluding hydrogens is 266 g/mol. The first kappa shape index (κ1) is 15.3. The molecule has 0 bridgehead atoms. The van der Waals surface area contributed by atoms with Crippen LogP contribution in [0.1, 0.15) is 13.8 Å². The van der Waals surface area contributed by atoms with Crippen LogP contribution in [-0.2, 0) is 14.6 Å². The molecule has 0 fully saturated rings. The number of nitrogens with one attached hydrogen (secondary N) is 2. The van der Waals surface area contributed by atoms with E-state index in [4.69, 9.17) is 5.73 Å². The molecule has 0 aromatic heterocycles. The number of sulfone groups is 1. The van der Waals surface area contributed by atoms with Crippen LogP contribution in [0.5, 0.6) is 0 Å². The zero-order valence-corrected chi connectivity index (χ0v) is 12.0. The second kappa shape index (κ2) is 5.92. The van der Waals surface area contributed by atoms with Gasteiger partial charge in [0.1, 0.15) is 0 Å². The van der Waals surface area contributed by atoms with E-state index in [0.717, 1.165) is 6.26 Å². The molecule has 19 heavy (non-hydrogen) atoms. The van der Waals surface area contributed by atoms with Gasteiger partial charge in [0.2, 0.25) is 5.91 Å². The quantitative estimate of drug-likeness (QED) is 0.688. The van der Waals surface area contributed by atoms with Gasteiger partial charge in [0.05, 0.1) is 22.8 Å². The van der Waals surface area contributed by atoms with E-state index >= 15 is 0 Å². The van der Waals surface area contributed by atoms with Crippen molar-refractivity contribution in [2.24, 2.45) is 0 Å². The van der Waals surface area contributed by atoms with Gasteiger partial charge in [0, 0.05) is 12.3 Å². The summed E-state index contributed by atoms with van der Waals surface area (Å²) in [6.07, 6.45) is 1.12. The van der Waals surface area contributed by atoms with Crippen LogP contribution < -0.4 is 16.4 Å². The summed E-state index contributed by atoms with van der Waals surface area (Å²) in [5, 5.41) is 5.59. The Morgan fingerprint density at radius 2 is 2.00 bits per heavy atom. The predicted molar refractivity (Wildman–Crippen MR) is 75.7 cm³/mol. The zero-order valence-electron chi connectivity index (χ0n) is 11.2. The normalized spacial score (nSPS) is 11.4. The number of benzene rings is 1. The summed E-state index contributed by atoms with van der Waals surface area (Å²) in [5.41, 5.74) is 6.57. The number of nitrogen functional groups attached to an aromatic ring is 1. The van der Waals surface area contributed by atoms with Crippen molar-refractivity contribution < 1.29 is 13.2 Å². The van der Waals surface area contributed by atoms with Crippen LogP contribution >= 0.6 is 0 Å². The summed E-state index contributed by atoms with van der Waals surface area (Å²) in [6.45, 7) is 3.82. The largest absolute Gasteiger partial charge is 0.397 e. The van der Waals surface area contributed by atoms with Crippen LogP contribution in [0.4, 0.5) is 11.4 Å². The standard InChI is InChI=1S/C12H19N3O3S/c1-8(2)15-12(16)7-14-11-5-4-9(6-10(11)13)19(3,17)18/h4-6,8,14H,7,13H2,1-3H3,(H,15,16). The minimum absolute atomic E-state index is 0.0688. The summed E-state index contributed by atoms with van der Waals surface area (Å²) in [4.78, 5) is 11.6. The maximum atomic E-state index is 11.5. The first-order chi connectivity index (χ1) is 8.70. The van der Waals surface area contributed by atoms with E-state index < -0.39 is 9.84 Å². The van der Waals surface area contributed by atoms with Crippen molar-refractivity contribution in [1.82, 2.24) is 5.32 Å². The highest BCUT2D eigenvalue weighted by Crippen LogP contribution is 2.22. The molecule has 6 nitrogen and oxygen atoms in total. The second-order valence-corrected chi connectivity index (χ2v) is 6.61. The number of amides is 1. The second-order valence-electron chi connectivity index (χ2n) is 4.60. The number of carbonyl (C=O) groups is 1. The third kappa shape index (κ3) is 4.78. The Kier molecular flexibility index (Phi) is 4.77. The van der Waals surface area contributed by atoms with Crippen LogP contribution in [-0.4, -0.2) is 33.2 Å². The fourth-order valence-electron chi connectivity index (χ4n) is 1.48. The maximum Gasteiger partial charge on any atom is 0.239 e. The molecule has 0 saturated carbocycles. The van der Waals surface area contributed by atoms with E-state index in [1.807, 2.05) is 13.8 Å². The first-order valence-corrected chi connectivity index (χ1v) is 7.72. The van der Waals surface area contributed by atoms with Gasteiger partial charge in [-0.15, -0.1) is 0 Å². The molecule has 1 rings (SSSR count). The molecular formula is C12H19N3O3S. The van der Waals surface area contributed by atoms with Gasteiger partial charge in [0.15, 0.2) is 9.84 Å². The van der Waals surface area contributed by atoms with Crippen molar-refractivity contribution in [1.29, 1.82) is 0 Å². The third-order valence-corrected chi connectivity index (χ3v) is 3.45. The van der Waals surface area contributed by atoms with E-state index in [1.54, 1.807) is 6.07 Å². The molecule has 0 saturated heterocycles. The lowest BCUT2D eigenvalue weighted by Gasteiger charge is -2.12. The summed E-state index contributed by atoms with van der Waals surface area (Å²) in [6, 6.07) is 4.44. The number of hydrogen-bond acceptors (Lipinski definition) is 5. The highest BCUT2D eigenvalue weighted by molar-refractivity contribution is 7.90. The molecule has 4 N–H and O–H groups in total. The molecule has 106 valence electrons.